The highest BCUT2D eigenvalue weighted by molar-refractivity contribution is 7.13. The smallest absolute Gasteiger partial charge is 0.272 e. The van der Waals surface area contributed by atoms with Crippen molar-refractivity contribution in [3.8, 4) is 16.4 Å². The van der Waals surface area contributed by atoms with E-state index in [4.69, 9.17) is 0 Å². The van der Waals surface area contributed by atoms with Crippen LogP contribution in [0.5, 0.6) is 0 Å². The van der Waals surface area contributed by atoms with E-state index in [0.717, 1.165) is 22.1 Å². The molecule has 1 amide bonds. The SMILES string of the molecule is Cc1nccn1-c1ccc(C(=O)NCc2csc(-c3ccccc3)n2)nn1. The van der Waals surface area contributed by atoms with Gasteiger partial charge in [-0.25, -0.2) is 9.97 Å². The van der Waals surface area contributed by atoms with Crippen LogP contribution in [-0.2, 0) is 6.54 Å². The van der Waals surface area contributed by atoms with E-state index in [1.54, 1.807) is 40.4 Å². The van der Waals surface area contributed by atoms with Crippen LogP contribution < -0.4 is 5.32 Å². The molecule has 0 bridgehead atoms. The first-order chi connectivity index (χ1) is 13.2. The van der Waals surface area contributed by atoms with Crippen LogP contribution in [0.25, 0.3) is 16.4 Å². The Labute approximate surface area is 159 Å². The monoisotopic (exact) mass is 376 g/mol. The minimum absolute atomic E-state index is 0.259. The number of benzene rings is 1. The highest BCUT2D eigenvalue weighted by atomic mass is 32.1. The minimum Gasteiger partial charge on any atom is -0.345 e. The molecule has 1 aromatic carbocycles. The molecule has 1 N–H and O–H groups in total. The van der Waals surface area contributed by atoms with E-state index in [1.807, 2.05) is 42.6 Å². The lowest BCUT2D eigenvalue weighted by atomic mass is 10.2. The number of carbonyl (C=O) groups is 1. The zero-order chi connectivity index (χ0) is 18.6. The third-order valence-electron chi connectivity index (χ3n) is 3.96. The van der Waals surface area contributed by atoms with Crippen molar-refractivity contribution >= 4 is 17.2 Å². The third kappa shape index (κ3) is 3.75. The fourth-order valence-corrected chi connectivity index (χ4v) is 3.38. The van der Waals surface area contributed by atoms with Gasteiger partial charge in [0.05, 0.1) is 12.2 Å². The molecule has 0 atom stereocenters. The number of aryl methyl sites for hydroxylation is 1. The third-order valence-corrected chi connectivity index (χ3v) is 4.90. The summed E-state index contributed by atoms with van der Waals surface area (Å²) in [5.74, 6) is 1.14. The molecule has 0 unspecified atom stereocenters. The van der Waals surface area contributed by atoms with E-state index in [-0.39, 0.29) is 11.6 Å². The molecule has 4 rings (SSSR count). The topological polar surface area (TPSA) is 85.6 Å². The minimum atomic E-state index is -0.286. The van der Waals surface area contributed by atoms with Crippen molar-refractivity contribution in [2.45, 2.75) is 13.5 Å². The van der Waals surface area contributed by atoms with Gasteiger partial charge in [0.25, 0.3) is 5.91 Å². The van der Waals surface area contributed by atoms with Crippen LogP contribution in [0.3, 0.4) is 0 Å². The Morgan fingerprint density at radius 1 is 1.15 bits per heavy atom. The van der Waals surface area contributed by atoms with E-state index in [1.165, 1.54) is 0 Å². The van der Waals surface area contributed by atoms with E-state index in [9.17, 15) is 4.79 Å². The Balaban J connectivity index is 1.40. The summed E-state index contributed by atoms with van der Waals surface area (Å²) in [4.78, 5) is 21.0. The van der Waals surface area contributed by atoms with Crippen LogP contribution in [0.4, 0.5) is 0 Å². The molecule has 0 aliphatic carbocycles. The summed E-state index contributed by atoms with van der Waals surface area (Å²) in [6.45, 7) is 2.21. The predicted molar refractivity (Wildman–Crippen MR) is 103 cm³/mol. The van der Waals surface area contributed by atoms with Crippen molar-refractivity contribution in [3.05, 3.63) is 77.5 Å². The largest absolute Gasteiger partial charge is 0.345 e. The van der Waals surface area contributed by atoms with Crippen molar-refractivity contribution in [3.63, 3.8) is 0 Å². The quantitative estimate of drug-likeness (QED) is 0.579. The Kier molecular flexibility index (Phi) is 4.71. The van der Waals surface area contributed by atoms with E-state index in [2.05, 4.69) is 25.5 Å². The molecule has 0 spiro atoms. The van der Waals surface area contributed by atoms with Gasteiger partial charge in [-0.05, 0) is 19.1 Å². The summed E-state index contributed by atoms with van der Waals surface area (Å²) in [7, 11) is 0. The Morgan fingerprint density at radius 3 is 2.70 bits per heavy atom. The number of imidazole rings is 1. The maximum atomic E-state index is 12.3. The fourth-order valence-electron chi connectivity index (χ4n) is 2.56. The first kappa shape index (κ1) is 17.0. The van der Waals surface area contributed by atoms with Gasteiger partial charge in [-0.3, -0.25) is 9.36 Å². The van der Waals surface area contributed by atoms with Crippen LogP contribution in [-0.4, -0.2) is 30.6 Å². The molecule has 134 valence electrons. The Hall–Kier alpha value is -3.39. The number of hydrogen-bond donors (Lipinski definition) is 1. The highest BCUT2D eigenvalue weighted by Gasteiger charge is 2.11. The maximum Gasteiger partial charge on any atom is 0.272 e. The number of nitrogens with one attached hydrogen (secondary N) is 1. The van der Waals surface area contributed by atoms with Crippen LogP contribution in [0.15, 0.2) is 60.2 Å². The summed E-state index contributed by atoms with van der Waals surface area (Å²) >= 11 is 1.55. The number of hydrogen-bond acceptors (Lipinski definition) is 6. The molecular weight excluding hydrogens is 360 g/mol. The lowest BCUT2D eigenvalue weighted by Crippen LogP contribution is -2.24. The number of thiazole rings is 1. The normalized spacial score (nSPS) is 10.7. The molecule has 27 heavy (non-hydrogen) atoms. The number of rotatable bonds is 5. The summed E-state index contributed by atoms with van der Waals surface area (Å²) in [5.41, 5.74) is 2.14. The maximum absolute atomic E-state index is 12.3. The average Bonchev–Trinajstić information content (AvgIpc) is 3.36. The molecule has 0 saturated carbocycles. The molecule has 0 radical (unpaired) electrons. The lowest BCUT2D eigenvalue weighted by molar-refractivity contribution is 0.0944. The second-order valence-corrected chi connectivity index (χ2v) is 6.67. The fraction of sp³-hybridized carbons (Fsp3) is 0.105. The second-order valence-electron chi connectivity index (χ2n) is 5.81. The molecule has 8 heteroatoms. The number of amides is 1. The molecule has 0 aliphatic rings. The molecule has 0 fully saturated rings. The molecule has 0 saturated heterocycles. The van der Waals surface area contributed by atoms with Crippen molar-refractivity contribution in [1.82, 2.24) is 30.0 Å². The van der Waals surface area contributed by atoms with Gasteiger partial charge in [0.1, 0.15) is 10.8 Å². The number of aromatic nitrogens is 5. The van der Waals surface area contributed by atoms with Crippen LogP contribution in [0.2, 0.25) is 0 Å². The molecule has 3 aromatic heterocycles. The Morgan fingerprint density at radius 2 is 2.00 bits per heavy atom. The zero-order valence-corrected chi connectivity index (χ0v) is 15.3. The molecule has 7 nitrogen and oxygen atoms in total. The highest BCUT2D eigenvalue weighted by Crippen LogP contribution is 2.23. The predicted octanol–water partition coefficient (Wildman–Crippen LogP) is 3.02. The van der Waals surface area contributed by atoms with Crippen molar-refractivity contribution < 1.29 is 4.79 Å². The molecule has 0 aliphatic heterocycles. The Bertz CT molecular complexity index is 1060. The summed E-state index contributed by atoms with van der Waals surface area (Å²) in [6.07, 6.45) is 3.49. The van der Waals surface area contributed by atoms with Gasteiger partial charge in [0, 0.05) is 23.3 Å². The van der Waals surface area contributed by atoms with E-state index in [0.29, 0.717) is 12.4 Å². The summed E-state index contributed by atoms with van der Waals surface area (Å²) in [5, 5.41) is 13.8. The van der Waals surface area contributed by atoms with Gasteiger partial charge in [0.2, 0.25) is 0 Å². The molecule has 4 aromatic rings. The number of carbonyl (C=O) groups excluding carboxylic acids is 1. The van der Waals surface area contributed by atoms with Gasteiger partial charge >= 0.3 is 0 Å². The summed E-state index contributed by atoms with van der Waals surface area (Å²) < 4.78 is 1.80. The van der Waals surface area contributed by atoms with Gasteiger partial charge in [-0.15, -0.1) is 21.5 Å². The first-order valence-electron chi connectivity index (χ1n) is 8.33. The van der Waals surface area contributed by atoms with E-state index < -0.39 is 0 Å². The van der Waals surface area contributed by atoms with Gasteiger partial charge < -0.3 is 5.32 Å². The van der Waals surface area contributed by atoms with Crippen LogP contribution in [0.1, 0.15) is 22.0 Å². The second kappa shape index (κ2) is 7.46. The number of nitrogens with zero attached hydrogens (tertiary/aromatic N) is 5. The van der Waals surface area contributed by atoms with Gasteiger partial charge in [0.15, 0.2) is 11.5 Å². The molecule has 3 heterocycles. The van der Waals surface area contributed by atoms with Crippen molar-refractivity contribution in [1.29, 1.82) is 0 Å². The van der Waals surface area contributed by atoms with E-state index >= 15 is 0 Å². The lowest BCUT2D eigenvalue weighted by Gasteiger charge is -2.05. The van der Waals surface area contributed by atoms with Crippen molar-refractivity contribution in [2.24, 2.45) is 0 Å². The zero-order valence-electron chi connectivity index (χ0n) is 14.5. The summed E-state index contributed by atoms with van der Waals surface area (Å²) in [6, 6.07) is 13.3. The average molecular weight is 376 g/mol. The van der Waals surface area contributed by atoms with Gasteiger partial charge in [-0.2, -0.15) is 0 Å². The van der Waals surface area contributed by atoms with Crippen molar-refractivity contribution in [2.75, 3.05) is 0 Å². The standard InChI is InChI=1S/C19H16N6OS/c1-13-20-9-10-25(13)17-8-7-16(23-24-17)18(26)21-11-15-12-27-19(22-15)14-5-3-2-4-6-14/h2-10,12H,11H2,1H3,(H,21,26). The first-order valence-corrected chi connectivity index (χ1v) is 9.21. The van der Waals surface area contributed by atoms with Crippen LogP contribution in [0, 0.1) is 6.92 Å². The van der Waals surface area contributed by atoms with Crippen LogP contribution >= 0.6 is 11.3 Å². The van der Waals surface area contributed by atoms with Gasteiger partial charge in [-0.1, -0.05) is 30.3 Å². The molecular formula is C19H16N6OS.